The van der Waals surface area contributed by atoms with Crippen molar-refractivity contribution in [1.29, 1.82) is 0 Å². The Hall–Kier alpha value is -1.88. The minimum atomic E-state index is -0.0824. The fourth-order valence-electron chi connectivity index (χ4n) is 2.32. The van der Waals surface area contributed by atoms with Crippen LogP contribution >= 0.6 is 11.3 Å². The van der Waals surface area contributed by atoms with E-state index in [-0.39, 0.29) is 5.91 Å². The summed E-state index contributed by atoms with van der Waals surface area (Å²) in [5.41, 5.74) is 3.40. The third kappa shape index (κ3) is 2.21. The number of carbonyl (C=O) groups is 1. The summed E-state index contributed by atoms with van der Waals surface area (Å²) in [5, 5.41) is 3.44. The Morgan fingerprint density at radius 2 is 2.26 bits per heavy atom. The molecule has 1 N–H and O–H groups in total. The number of thiazole rings is 1. The minimum Gasteiger partial charge on any atom is -0.497 e. The number of hydrogen-bond donors (Lipinski definition) is 1. The standard InChI is InChI=1S/C14H14N2O2S/c1-8(17)15-14-16-13-11-5-4-10(18-2)7-9(11)3-6-12(13)19-14/h4-5,7H,3,6H2,1-2H3,(H,15,16,17). The molecular weight excluding hydrogens is 260 g/mol. The number of aryl methyl sites for hydroxylation is 2. The highest BCUT2D eigenvalue weighted by Crippen LogP contribution is 2.39. The van der Waals surface area contributed by atoms with Gasteiger partial charge in [0.1, 0.15) is 5.75 Å². The zero-order valence-corrected chi connectivity index (χ0v) is 11.6. The number of ether oxygens (including phenoxy) is 1. The van der Waals surface area contributed by atoms with Gasteiger partial charge in [-0.25, -0.2) is 4.98 Å². The highest BCUT2D eigenvalue weighted by molar-refractivity contribution is 7.16. The lowest BCUT2D eigenvalue weighted by Gasteiger charge is -2.15. The molecule has 1 aliphatic carbocycles. The van der Waals surface area contributed by atoms with E-state index >= 15 is 0 Å². The van der Waals surface area contributed by atoms with E-state index in [1.807, 2.05) is 12.1 Å². The molecule has 0 aliphatic heterocycles. The van der Waals surface area contributed by atoms with Crippen LogP contribution in [0.4, 0.5) is 5.13 Å². The molecule has 0 fully saturated rings. The average Bonchev–Trinajstić information content (AvgIpc) is 2.79. The molecule has 0 radical (unpaired) electrons. The van der Waals surface area contributed by atoms with Gasteiger partial charge in [-0.3, -0.25) is 4.79 Å². The maximum Gasteiger partial charge on any atom is 0.223 e. The molecule has 0 atom stereocenters. The average molecular weight is 274 g/mol. The third-order valence-corrected chi connectivity index (χ3v) is 4.20. The van der Waals surface area contributed by atoms with Gasteiger partial charge in [-0.1, -0.05) is 0 Å². The van der Waals surface area contributed by atoms with Gasteiger partial charge in [0.2, 0.25) is 5.91 Å². The van der Waals surface area contributed by atoms with E-state index in [0.717, 1.165) is 29.8 Å². The first-order valence-electron chi connectivity index (χ1n) is 6.12. The van der Waals surface area contributed by atoms with Crippen molar-refractivity contribution in [2.24, 2.45) is 0 Å². The molecule has 1 heterocycles. The molecule has 2 aromatic rings. The predicted octanol–water partition coefficient (Wildman–Crippen LogP) is 2.88. The van der Waals surface area contributed by atoms with Crippen LogP contribution in [-0.2, 0) is 17.6 Å². The van der Waals surface area contributed by atoms with Crippen LogP contribution in [0.1, 0.15) is 17.4 Å². The summed E-state index contributed by atoms with van der Waals surface area (Å²) >= 11 is 1.56. The topological polar surface area (TPSA) is 51.2 Å². The van der Waals surface area contributed by atoms with E-state index in [1.165, 1.54) is 17.4 Å². The van der Waals surface area contributed by atoms with Gasteiger partial charge in [-0.2, -0.15) is 0 Å². The minimum absolute atomic E-state index is 0.0824. The first-order chi connectivity index (χ1) is 9.17. The maximum atomic E-state index is 11.1. The first kappa shape index (κ1) is 12.2. The molecule has 3 rings (SSSR count). The van der Waals surface area contributed by atoms with E-state index in [1.54, 1.807) is 18.4 Å². The number of methoxy groups -OCH3 is 1. The molecule has 0 saturated carbocycles. The lowest BCUT2D eigenvalue weighted by molar-refractivity contribution is -0.114. The summed E-state index contributed by atoms with van der Waals surface area (Å²) in [6.45, 7) is 1.50. The highest BCUT2D eigenvalue weighted by atomic mass is 32.1. The molecule has 19 heavy (non-hydrogen) atoms. The zero-order valence-electron chi connectivity index (χ0n) is 10.8. The molecule has 0 saturated heterocycles. The highest BCUT2D eigenvalue weighted by Gasteiger charge is 2.21. The number of rotatable bonds is 2. The van der Waals surface area contributed by atoms with Gasteiger partial charge in [-0.05, 0) is 36.6 Å². The van der Waals surface area contributed by atoms with Crippen molar-refractivity contribution in [3.63, 3.8) is 0 Å². The van der Waals surface area contributed by atoms with E-state index in [2.05, 4.69) is 16.4 Å². The van der Waals surface area contributed by atoms with Crippen molar-refractivity contribution in [2.45, 2.75) is 19.8 Å². The number of fused-ring (bicyclic) bond motifs is 3. The monoisotopic (exact) mass is 274 g/mol. The number of hydrogen-bond acceptors (Lipinski definition) is 4. The lowest BCUT2D eigenvalue weighted by Crippen LogP contribution is -2.05. The third-order valence-electron chi connectivity index (χ3n) is 3.17. The SMILES string of the molecule is COc1ccc2c(c1)CCc1sc(NC(C)=O)nc1-2. The van der Waals surface area contributed by atoms with Crippen LogP contribution < -0.4 is 10.1 Å². The lowest BCUT2D eigenvalue weighted by atomic mass is 9.93. The van der Waals surface area contributed by atoms with Crippen molar-refractivity contribution >= 4 is 22.4 Å². The maximum absolute atomic E-state index is 11.1. The van der Waals surface area contributed by atoms with Gasteiger partial charge < -0.3 is 10.1 Å². The smallest absolute Gasteiger partial charge is 0.223 e. The second kappa shape index (κ2) is 4.66. The van der Waals surface area contributed by atoms with Crippen molar-refractivity contribution in [1.82, 2.24) is 4.98 Å². The quantitative estimate of drug-likeness (QED) is 0.916. The van der Waals surface area contributed by atoms with Crippen molar-refractivity contribution in [3.8, 4) is 17.0 Å². The van der Waals surface area contributed by atoms with Crippen LogP contribution in [0.15, 0.2) is 18.2 Å². The van der Waals surface area contributed by atoms with Crippen molar-refractivity contribution in [2.75, 3.05) is 12.4 Å². The first-order valence-corrected chi connectivity index (χ1v) is 6.93. The molecule has 0 bridgehead atoms. The molecule has 98 valence electrons. The van der Waals surface area contributed by atoms with E-state index in [0.29, 0.717) is 5.13 Å². The second-order valence-corrected chi connectivity index (χ2v) is 5.58. The summed E-state index contributed by atoms with van der Waals surface area (Å²) in [7, 11) is 1.67. The van der Waals surface area contributed by atoms with E-state index in [4.69, 9.17) is 4.74 Å². The number of benzene rings is 1. The Kier molecular flexibility index (Phi) is 2.98. The number of amides is 1. The van der Waals surface area contributed by atoms with Crippen LogP contribution in [0, 0.1) is 0 Å². The predicted molar refractivity (Wildman–Crippen MR) is 75.8 cm³/mol. The molecule has 0 unspecified atom stereocenters. The van der Waals surface area contributed by atoms with Gasteiger partial charge in [0, 0.05) is 17.4 Å². The van der Waals surface area contributed by atoms with Crippen LogP contribution in [-0.4, -0.2) is 18.0 Å². The summed E-state index contributed by atoms with van der Waals surface area (Å²) < 4.78 is 5.25. The van der Waals surface area contributed by atoms with E-state index < -0.39 is 0 Å². The van der Waals surface area contributed by atoms with E-state index in [9.17, 15) is 4.79 Å². The Labute approximate surface area is 115 Å². The fraction of sp³-hybridized carbons (Fsp3) is 0.286. The van der Waals surface area contributed by atoms with Gasteiger partial charge in [0.25, 0.3) is 0 Å². The van der Waals surface area contributed by atoms with Gasteiger partial charge in [0.05, 0.1) is 12.8 Å². The summed E-state index contributed by atoms with van der Waals surface area (Å²) in [5.74, 6) is 0.792. The fourth-order valence-corrected chi connectivity index (χ4v) is 3.34. The van der Waals surface area contributed by atoms with Gasteiger partial charge in [0.15, 0.2) is 5.13 Å². The molecule has 4 nitrogen and oxygen atoms in total. The Bertz CT molecular complexity index is 649. The van der Waals surface area contributed by atoms with Gasteiger partial charge in [-0.15, -0.1) is 11.3 Å². The number of carbonyl (C=O) groups excluding carboxylic acids is 1. The largest absolute Gasteiger partial charge is 0.497 e. The summed E-state index contributed by atoms with van der Waals surface area (Å²) in [6.07, 6.45) is 1.95. The molecule has 5 heteroatoms. The summed E-state index contributed by atoms with van der Waals surface area (Å²) in [4.78, 5) is 16.9. The van der Waals surface area contributed by atoms with Crippen LogP contribution in [0.2, 0.25) is 0 Å². The van der Waals surface area contributed by atoms with Crippen LogP contribution in [0.3, 0.4) is 0 Å². The van der Waals surface area contributed by atoms with Crippen molar-refractivity contribution < 1.29 is 9.53 Å². The molecule has 1 aromatic carbocycles. The van der Waals surface area contributed by atoms with Crippen LogP contribution in [0.25, 0.3) is 11.3 Å². The molecule has 1 aliphatic rings. The number of anilines is 1. The Morgan fingerprint density at radius 1 is 1.42 bits per heavy atom. The Balaban J connectivity index is 2.03. The Morgan fingerprint density at radius 3 is 3.00 bits per heavy atom. The van der Waals surface area contributed by atoms with Gasteiger partial charge >= 0.3 is 0 Å². The molecule has 1 aromatic heterocycles. The number of aromatic nitrogens is 1. The summed E-state index contributed by atoms with van der Waals surface area (Å²) in [6, 6.07) is 6.06. The number of nitrogens with zero attached hydrogens (tertiary/aromatic N) is 1. The molecule has 1 amide bonds. The zero-order chi connectivity index (χ0) is 13.4. The second-order valence-electron chi connectivity index (χ2n) is 4.50. The normalized spacial score (nSPS) is 12.5. The number of nitrogens with one attached hydrogen (secondary N) is 1. The molecular formula is C14H14N2O2S. The van der Waals surface area contributed by atoms with Crippen molar-refractivity contribution in [3.05, 3.63) is 28.6 Å². The molecule has 0 spiro atoms. The van der Waals surface area contributed by atoms with Crippen LogP contribution in [0.5, 0.6) is 5.75 Å².